The zero-order chi connectivity index (χ0) is 8.72. The summed E-state index contributed by atoms with van der Waals surface area (Å²) in [5.41, 5.74) is 0. The van der Waals surface area contributed by atoms with Crippen molar-refractivity contribution < 1.29 is 0 Å². The largest absolute Gasteiger partial charge is 0.142 e. The summed E-state index contributed by atoms with van der Waals surface area (Å²) in [5.74, 6) is 0. The van der Waals surface area contributed by atoms with Crippen molar-refractivity contribution in [3.63, 3.8) is 0 Å². The molecule has 0 fully saturated rings. The van der Waals surface area contributed by atoms with Gasteiger partial charge in [-0.15, -0.1) is 24.0 Å². The molecule has 0 nitrogen and oxygen atoms in total. The van der Waals surface area contributed by atoms with E-state index in [1.54, 1.807) is 11.3 Å². The number of hydrogen-bond donors (Lipinski definition) is 1. The van der Waals surface area contributed by atoms with Crippen LogP contribution >= 0.6 is 58.2 Å². The van der Waals surface area contributed by atoms with Crippen LogP contribution in [-0.4, -0.2) is 0 Å². The molecule has 0 N–H and O–H groups in total. The highest BCUT2D eigenvalue weighted by Gasteiger charge is 2.05. The van der Waals surface area contributed by atoms with E-state index in [9.17, 15) is 0 Å². The van der Waals surface area contributed by atoms with Crippen LogP contribution < -0.4 is 0 Å². The third-order valence-electron chi connectivity index (χ3n) is 1.58. The first kappa shape index (κ1) is 9.12. The fourth-order valence-electron chi connectivity index (χ4n) is 1.03. The van der Waals surface area contributed by atoms with E-state index in [0.717, 1.165) is 9.23 Å². The van der Waals surface area contributed by atoms with Crippen LogP contribution in [0.4, 0.5) is 0 Å². The quantitative estimate of drug-likeness (QED) is 0.537. The number of benzene rings is 1. The molecular formula is C8H4ClIS2. The van der Waals surface area contributed by atoms with E-state index in [2.05, 4.69) is 35.2 Å². The predicted molar refractivity (Wildman–Crippen MR) is 66.8 cm³/mol. The number of thiol groups is 1. The minimum absolute atomic E-state index is 0.835. The van der Waals surface area contributed by atoms with E-state index in [1.807, 2.05) is 18.2 Å². The summed E-state index contributed by atoms with van der Waals surface area (Å²) in [7, 11) is 0. The molecule has 0 aliphatic carbocycles. The molecule has 1 heterocycles. The number of rotatable bonds is 0. The molecule has 0 aliphatic heterocycles. The monoisotopic (exact) mass is 326 g/mol. The smallest absolute Gasteiger partial charge is 0.0941 e. The van der Waals surface area contributed by atoms with Crippen LogP contribution in [0.3, 0.4) is 0 Å². The van der Waals surface area contributed by atoms with Crippen molar-refractivity contribution >= 4 is 68.2 Å². The van der Waals surface area contributed by atoms with E-state index >= 15 is 0 Å². The molecule has 0 saturated heterocycles. The normalized spacial score (nSPS) is 10.9. The number of halogens is 2. The van der Waals surface area contributed by atoms with Gasteiger partial charge in [-0.25, -0.2) is 0 Å². The van der Waals surface area contributed by atoms with Gasteiger partial charge in [0.15, 0.2) is 0 Å². The van der Waals surface area contributed by atoms with Crippen LogP contribution in [0.1, 0.15) is 0 Å². The second kappa shape index (κ2) is 3.36. The molecule has 2 rings (SSSR count). The van der Waals surface area contributed by atoms with E-state index < -0.39 is 0 Å². The summed E-state index contributed by atoms with van der Waals surface area (Å²) in [6.07, 6.45) is 0. The minimum atomic E-state index is 0.835. The maximum Gasteiger partial charge on any atom is 0.0941 e. The Morgan fingerprint density at radius 3 is 2.92 bits per heavy atom. The maximum absolute atomic E-state index is 5.90. The lowest BCUT2D eigenvalue weighted by molar-refractivity contribution is 1.49. The van der Waals surface area contributed by atoms with Gasteiger partial charge in [0.25, 0.3) is 0 Å². The van der Waals surface area contributed by atoms with Crippen molar-refractivity contribution in [2.45, 2.75) is 4.90 Å². The minimum Gasteiger partial charge on any atom is -0.142 e. The highest BCUT2D eigenvalue weighted by Crippen LogP contribution is 2.35. The second-order valence-electron chi connectivity index (χ2n) is 2.37. The van der Waals surface area contributed by atoms with Crippen LogP contribution in [0.25, 0.3) is 10.1 Å². The Balaban J connectivity index is 2.89. The molecule has 4 heteroatoms. The van der Waals surface area contributed by atoms with Crippen LogP contribution in [0, 0.1) is 3.57 Å². The van der Waals surface area contributed by atoms with Gasteiger partial charge in [0.05, 0.1) is 9.04 Å². The number of hydrogen-bond acceptors (Lipinski definition) is 2. The lowest BCUT2D eigenvalue weighted by Crippen LogP contribution is -1.73. The molecular weight excluding hydrogens is 323 g/mol. The van der Waals surface area contributed by atoms with E-state index in [4.69, 9.17) is 11.6 Å². The molecule has 0 bridgehead atoms. The van der Waals surface area contributed by atoms with Gasteiger partial charge in [-0.05, 0) is 40.1 Å². The average Bonchev–Trinajstić information content (AvgIpc) is 2.39. The van der Waals surface area contributed by atoms with Crippen molar-refractivity contribution in [2.24, 2.45) is 0 Å². The Morgan fingerprint density at radius 1 is 1.42 bits per heavy atom. The lowest BCUT2D eigenvalue weighted by Gasteiger charge is -1.96. The SMILES string of the molecule is Sc1ccc2cc(Cl)sc2c1I. The molecule has 2 aromatic rings. The van der Waals surface area contributed by atoms with Gasteiger partial charge in [-0.3, -0.25) is 0 Å². The second-order valence-corrected chi connectivity index (χ2v) is 5.61. The Labute approximate surface area is 98.5 Å². The molecule has 62 valence electrons. The topological polar surface area (TPSA) is 0 Å². The maximum atomic E-state index is 5.90. The van der Waals surface area contributed by atoms with Crippen molar-refractivity contribution in [1.82, 2.24) is 0 Å². The summed E-state index contributed by atoms with van der Waals surface area (Å²) in [4.78, 5) is 1.02. The molecule has 1 aromatic heterocycles. The molecule has 1 aromatic carbocycles. The van der Waals surface area contributed by atoms with E-state index in [-0.39, 0.29) is 0 Å². The van der Waals surface area contributed by atoms with Crippen LogP contribution in [-0.2, 0) is 0 Å². The molecule has 0 radical (unpaired) electrons. The number of fused-ring (bicyclic) bond motifs is 1. The van der Waals surface area contributed by atoms with Crippen molar-refractivity contribution in [2.75, 3.05) is 0 Å². The average molecular weight is 327 g/mol. The van der Waals surface area contributed by atoms with Crippen LogP contribution in [0.15, 0.2) is 23.1 Å². The molecule has 0 saturated carbocycles. The van der Waals surface area contributed by atoms with Crippen molar-refractivity contribution in [1.29, 1.82) is 0 Å². The van der Waals surface area contributed by atoms with Gasteiger partial charge in [0.2, 0.25) is 0 Å². The van der Waals surface area contributed by atoms with E-state index in [1.165, 1.54) is 13.7 Å². The first-order valence-electron chi connectivity index (χ1n) is 3.25. The standard InChI is InChI=1S/C8H4ClIS2/c9-6-3-4-1-2-5(11)7(10)8(4)12-6/h1-3,11H. The first-order chi connectivity index (χ1) is 5.68. The van der Waals surface area contributed by atoms with Crippen molar-refractivity contribution in [3.8, 4) is 0 Å². The summed E-state index contributed by atoms with van der Waals surface area (Å²) in [5, 5.41) is 1.20. The highest BCUT2D eigenvalue weighted by atomic mass is 127. The van der Waals surface area contributed by atoms with Gasteiger partial charge in [-0.1, -0.05) is 17.7 Å². The molecule has 0 spiro atoms. The summed E-state index contributed by atoms with van der Waals surface area (Å²) < 4.78 is 3.25. The Bertz CT molecular complexity index is 436. The fourth-order valence-corrected chi connectivity index (χ4v) is 3.28. The van der Waals surface area contributed by atoms with Gasteiger partial charge in [0, 0.05) is 8.47 Å². The lowest BCUT2D eigenvalue weighted by atomic mass is 10.3. The Kier molecular flexibility index (Phi) is 2.56. The summed E-state index contributed by atoms with van der Waals surface area (Å²) >= 11 is 14.1. The number of thiophene rings is 1. The third-order valence-corrected chi connectivity index (χ3v) is 5.16. The fraction of sp³-hybridized carbons (Fsp3) is 0. The molecule has 12 heavy (non-hydrogen) atoms. The van der Waals surface area contributed by atoms with Crippen molar-refractivity contribution in [3.05, 3.63) is 26.1 Å². The Morgan fingerprint density at radius 2 is 2.17 bits per heavy atom. The van der Waals surface area contributed by atoms with E-state index in [0.29, 0.717) is 0 Å². The van der Waals surface area contributed by atoms with Gasteiger partial charge in [0.1, 0.15) is 0 Å². The van der Waals surface area contributed by atoms with Gasteiger partial charge >= 0.3 is 0 Å². The van der Waals surface area contributed by atoms with Crippen LogP contribution in [0.2, 0.25) is 4.34 Å². The summed E-state index contributed by atoms with van der Waals surface area (Å²) in [6, 6.07) is 6.02. The Hall–Kier alpha value is 0.550. The van der Waals surface area contributed by atoms with Crippen LogP contribution in [0.5, 0.6) is 0 Å². The molecule has 0 unspecified atom stereocenters. The molecule has 0 aliphatic rings. The van der Waals surface area contributed by atoms with Gasteiger partial charge in [-0.2, -0.15) is 0 Å². The molecule has 0 atom stereocenters. The van der Waals surface area contributed by atoms with Gasteiger partial charge < -0.3 is 0 Å². The predicted octanol–water partition coefficient (Wildman–Crippen LogP) is 4.45. The highest BCUT2D eigenvalue weighted by molar-refractivity contribution is 14.1. The zero-order valence-electron chi connectivity index (χ0n) is 5.84. The first-order valence-corrected chi connectivity index (χ1v) is 5.97. The zero-order valence-corrected chi connectivity index (χ0v) is 10.5. The summed E-state index contributed by atoms with van der Waals surface area (Å²) in [6.45, 7) is 0. The third kappa shape index (κ3) is 1.47. The molecule has 0 amide bonds.